The Balaban J connectivity index is 2.15. The first-order chi connectivity index (χ1) is 8.56. The summed E-state index contributed by atoms with van der Waals surface area (Å²) in [7, 11) is 0. The smallest absolute Gasteiger partial charge is 0.276 e. The lowest BCUT2D eigenvalue weighted by Crippen LogP contribution is -2.28. The number of halogens is 1. The van der Waals surface area contributed by atoms with Crippen molar-refractivity contribution in [2.45, 2.75) is 38.7 Å². The molecule has 0 amide bonds. The minimum Gasteiger partial charge on any atom is -0.490 e. The number of hydrogen-bond donors (Lipinski definition) is 0. The van der Waals surface area contributed by atoms with Crippen LogP contribution >= 0.6 is 0 Å². The van der Waals surface area contributed by atoms with Gasteiger partial charge in [0.05, 0.1) is 17.1 Å². The van der Waals surface area contributed by atoms with E-state index in [2.05, 4.69) is 6.92 Å². The number of nitro benzene ring substituents is 1. The third kappa shape index (κ3) is 2.97. The predicted molar refractivity (Wildman–Crippen MR) is 65.1 cm³/mol. The highest BCUT2D eigenvalue weighted by Gasteiger charge is 2.23. The monoisotopic (exact) mass is 253 g/mol. The Morgan fingerprint density at radius 2 is 2.06 bits per heavy atom. The van der Waals surface area contributed by atoms with Gasteiger partial charge in [0.1, 0.15) is 17.7 Å². The molecule has 1 fully saturated rings. The summed E-state index contributed by atoms with van der Waals surface area (Å²) in [5, 5.41) is 10.6. The van der Waals surface area contributed by atoms with Crippen LogP contribution in [0.1, 0.15) is 32.6 Å². The van der Waals surface area contributed by atoms with E-state index in [9.17, 15) is 14.5 Å². The van der Waals surface area contributed by atoms with Gasteiger partial charge in [-0.3, -0.25) is 10.1 Å². The lowest BCUT2D eigenvalue weighted by Gasteiger charge is -2.29. The summed E-state index contributed by atoms with van der Waals surface area (Å²) in [6.07, 6.45) is 4.31. The molecule has 1 saturated carbocycles. The van der Waals surface area contributed by atoms with Crippen LogP contribution in [0, 0.1) is 21.8 Å². The molecular weight excluding hydrogens is 237 g/mol. The Hall–Kier alpha value is -1.65. The minimum atomic E-state index is -0.636. The highest BCUT2D eigenvalue weighted by Crippen LogP contribution is 2.30. The maximum atomic E-state index is 13.3. The largest absolute Gasteiger partial charge is 0.490 e. The van der Waals surface area contributed by atoms with Crippen LogP contribution in [0.2, 0.25) is 0 Å². The van der Waals surface area contributed by atoms with E-state index < -0.39 is 10.7 Å². The molecule has 2 unspecified atom stereocenters. The third-order valence-electron chi connectivity index (χ3n) is 3.39. The molecule has 1 aromatic rings. The Bertz CT molecular complexity index is 450. The molecular formula is C13H16FNO3. The summed E-state index contributed by atoms with van der Waals surface area (Å²) < 4.78 is 18.9. The van der Waals surface area contributed by atoms with Gasteiger partial charge in [0, 0.05) is 6.07 Å². The van der Waals surface area contributed by atoms with Gasteiger partial charge in [0.25, 0.3) is 5.69 Å². The van der Waals surface area contributed by atoms with Gasteiger partial charge in [0.15, 0.2) is 0 Å². The number of rotatable bonds is 3. The molecule has 0 heterocycles. The molecule has 0 saturated heterocycles. The second-order valence-corrected chi connectivity index (χ2v) is 4.82. The molecule has 1 aromatic carbocycles. The summed E-state index contributed by atoms with van der Waals surface area (Å²) in [6, 6.07) is 3.38. The van der Waals surface area contributed by atoms with Crippen molar-refractivity contribution in [2.24, 2.45) is 5.92 Å². The lowest BCUT2D eigenvalue weighted by atomic mass is 9.88. The van der Waals surface area contributed by atoms with Crippen molar-refractivity contribution in [1.29, 1.82) is 0 Å². The Labute approximate surface area is 105 Å². The molecule has 4 nitrogen and oxygen atoms in total. The van der Waals surface area contributed by atoms with Crippen LogP contribution in [0.5, 0.6) is 5.75 Å². The Morgan fingerprint density at radius 1 is 1.33 bits per heavy atom. The van der Waals surface area contributed by atoms with Gasteiger partial charge in [-0.25, -0.2) is 4.39 Å². The second-order valence-electron chi connectivity index (χ2n) is 4.82. The van der Waals surface area contributed by atoms with Crippen LogP contribution < -0.4 is 4.74 Å². The standard InChI is InChI=1S/C13H16FNO3/c1-9-4-2-3-5-13(9)18-12-7-10(14)6-11(8-12)15(16)17/h6-9,13H,2-5H2,1H3. The van der Waals surface area contributed by atoms with Gasteiger partial charge in [-0.2, -0.15) is 0 Å². The van der Waals surface area contributed by atoms with Gasteiger partial charge >= 0.3 is 0 Å². The first-order valence-electron chi connectivity index (χ1n) is 6.18. The molecule has 5 heteroatoms. The van der Waals surface area contributed by atoms with E-state index >= 15 is 0 Å². The van der Waals surface area contributed by atoms with Crippen molar-refractivity contribution in [3.8, 4) is 5.75 Å². The van der Waals surface area contributed by atoms with Gasteiger partial charge in [-0.05, 0) is 25.2 Å². The Morgan fingerprint density at radius 3 is 2.72 bits per heavy atom. The number of ether oxygens (including phenoxy) is 1. The SMILES string of the molecule is CC1CCCCC1Oc1cc(F)cc([N+](=O)[O-])c1. The summed E-state index contributed by atoms with van der Waals surface area (Å²) in [6.45, 7) is 2.09. The fraction of sp³-hybridized carbons (Fsp3) is 0.538. The van der Waals surface area contributed by atoms with E-state index in [-0.39, 0.29) is 17.5 Å². The molecule has 2 atom stereocenters. The molecule has 0 radical (unpaired) electrons. The molecule has 0 aliphatic heterocycles. The molecule has 1 aliphatic carbocycles. The van der Waals surface area contributed by atoms with Crippen molar-refractivity contribution in [3.05, 3.63) is 34.1 Å². The fourth-order valence-electron chi connectivity index (χ4n) is 2.35. The van der Waals surface area contributed by atoms with Gasteiger partial charge in [0.2, 0.25) is 0 Å². The quantitative estimate of drug-likeness (QED) is 0.609. The lowest BCUT2D eigenvalue weighted by molar-refractivity contribution is -0.385. The summed E-state index contributed by atoms with van der Waals surface area (Å²) >= 11 is 0. The van der Waals surface area contributed by atoms with Crippen molar-refractivity contribution in [3.63, 3.8) is 0 Å². The molecule has 0 N–H and O–H groups in total. The highest BCUT2D eigenvalue weighted by atomic mass is 19.1. The third-order valence-corrected chi connectivity index (χ3v) is 3.39. The van der Waals surface area contributed by atoms with Gasteiger partial charge in [-0.15, -0.1) is 0 Å². The topological polar surface area (TPSA) is 52.4 Å². The van der Waals surface area contributed by atoms with Crippen LogP contribution in [0.4, 0.5) is 10.1 Å². The predicted octanol–water partition coefficient (Wildman–Crippen LogP) is 3.69. The van der Waals surface area contributed by atoms with E-state index in [0.29, 0.717) is 5.92 Å². The molecule has 98 valence electrons. The van der Waals surface area contributed by atoms with Crippen molar-refractivity contribution in [1.82, 2.24) is 0 Å². The second kappa shape index (κ2) is 5.33. The van der Waals surface area contributed by atoms with Crippen molar-refractivity contribution in [2.75, 3.05) is 0 Å². The van der Waals surface area contributed by atoms with E-state index in [1.54, 1.807) is 0 Å². The average Bonchev–Trinajstić information content (AvgIpc) is 2.31. The maximum absolute atomic E-state index is 13.3. The van der Waals surface area contributed by atoms with E-state index in [1.807, 2.05) is 0 Å². The van der Waals surface area contributed by atoms with Crippen LogP contribution in [0.25, 0.3) is 0 Å². The Kier molecular flexibility index (Phi) is 3.79. The average molecular weight is 253 g/mol. The summed E-state index contributed by atoms with van der Waals surface area (Å²) in [5.74, 6) is 0.0178. The van der Waals surface area contributed by atoms with Gasteiger partial charge in [-0.1, -0.05) is 13.3 Å². The number of non-ortho nitro benzene ring substituents is 1. The fourth-order valence-corrected chi connectivity index (χ4v) is 2.35. The number of nitro groups is 1. The first-order valence-corrected chi connectivity index (χ1v) is 6.18. The van der Waals surface area contributed by atoms with Crippen LogP contribution in [0.15, 0.2) is 18.2 Å². The normalized spacial score (nSPS) is 23.7. The van der Waals surface area contributed by atoms with E-state index in [0.717, 1.165) is 25.3 Å². The van der Waals surface area contributed by atoms with Gasteiger partial charge < -0.3 is 4.74 Å². The summed E-state index contributed by atoms with van der Waals surface area (Å²) in [5.41, 5.74) is -0.270. The zero-order valence-corrected chi connectivity index (χ0v) is 10.3. The number of nitrogens with zero attached hydrogens (tertiary/aromatic N) is 1. The van der Waals surface area contributed by atoms with E-state index in [1.165, 1.54) is 18.6 Å². The first kappa shape index (κ1) is 12.8. The van der Waals surface area contributed by atoms with Crippen molar-refractivity contribution >= 4 is 5.69 Å². The zero-order chi connectivity index (χ0) is 13.1. The van der Waals surface area contributed by atoms with Crippen LogP contribution in [-0.2, 0) is 0 Å². The molecule has 2 rings (SSSR count). The van der Waals surface area contributed by atoms with Crippen LogP contribution in [0.3, 0.4) is 0 Å². The van der Waals surface area contributed by atoms with E-state index in [4.69, 9.17) is 4.74 Å². The molecule has 0 bridgehead atoms. The summed E-state index contributed by atoms with van der Waals surface area (Å²) in [4.78, 5) is 10.0. The maximum Gasteiger partial charge on any atom is 0.276 e. The minimum absolute atomic E-state index is 0.0279. The van der Waals surface area contributed by atoms with Crippen molar-refractivity contribution < 1.29 is 14.1 Å². The van der Waals surface area contributed by atoms with Crippen LogP contribution in [-0.4, -0.2) is 11.0 Å². The zero-order valence-electron chi connectivity index (χ0n) is 10.3. The number of benzene rings is 1. The number of hydrogen-bond acceptors (Lipinski definition) is 3. The molecule has 0 aromatic heterocycles. The molecule has 1 aliphatic rings. The molecule has 18 heavy (non-hydrogen) atoms. The molecule has 0 spiro atoms. The highest BCUT2D eigenvalue weighted by molar-refractivity contribution is 5.39.